The maximum absolute atomic E-state index is 11.5. The van der Waals surface area contributed by atoms with Gasteiger partial charge in [-0.25, -0.2) is 4.98 Å². The van der Waals surface area contributed by atoms with Crippen LogP contribution in [0.5, 0.6) is 0 Å². The van der Waals surface area contributed by atoms with E-state index in [-0.39, 0.29) is 5.91 Å². The highest BCUT2D eigenvalue weighted by Gasteiger charge is 2.27. The maximum Gasteiger partial charge on any atom is 0.245 e. The lowest BCUT2D eigenvalue weighted by Crippen LogP contribution is -2.29. The van der Waals surface area contributed by atoms with Crippen molar-refractivity contribution in [3.63, 3.8) is 0 Å². The first-order valence-electron chi connectivity index (χ1n) is 4.20. The topological polar surface area (TPSA) is 65.8 Å². The Hall–Kier alpha value is -1.89. The number of aromatic nitrogens is 1. The van der Waals surface area contributed by atoms with Crippen LogP contribution in [0.15, 0.2) is 24.4 Å². The van der Waals surface area contributed by atoms with E-state index in [4.69, 9.17) is 5.26 Å². The molecular formula is C10H11N3O. The minimum Gasteiger partial charge on any atom is -0.309 e. The maximum atomic E-state index is 11.5. The van der Waals surface area contributed by atoms with Crippen molar-refractivity contribution in [2.24, 2.45) is 5.41 Å². The lowest BCUT2D eigenvalue weighted by atomic mass is 9.95. The number of carbonyl (C=O) groups excluding carboxylic acids is 1. The molecule has 0 bridgehead atoms. The standard InChI is InChI=1S/C10H11N3O/c1-10(2,7-11)9(14)13-8-5-3-4-6-12-8/h3-6H,1-2H3,(H,12,13,14). The summed E-state index contributed by atoms with van der Waals surface area (Å²) < 4.78 is 0. The van der Waals surface area contributed by atoms with Gasteiger partial charge in [0.25, 0.3) is 0 Å². The average Bonchev–Trinajstić information content (AvgIpc) is 2.19. The zero-order valence-corrected chi connectivity index (χ0v) is 8.11. The van der Waals surface area contributed by atoms with Gasteiger partial charge < -0.3 is 5.32 Å². The van der Waals surface area contributed by atoms with Crippen molar-refractivity contribution in [3.05, 3.63) is 24.4 Å². The lowest BCUT2D eigenvalue weighted by Gasteiger charge is -2.13. The lowest BCUT2D eigenvalue weighted by molar-refractivity contribution is -0.121. The molecule has 1 amide bonds. The molecule has 0 aliphatic heterocycles. The Morgan fingerprint density at radius 2 is 2.29 bits per heavy atom. The van der Waals surface area contributed by atoms with Gasteiger partial charge in [0.1, 0.15) is 11.2 Å². The van der Waals surface area contributed by atoms with Gasteiger partial charge in [-0.05, 0) is 26.0 Å². The first-order valence-corrected chi connectivity index (χ1v) is 4.20. The summed E-state index contributed by atoms with van der Waals surface area (Å²) in [6, 6.07) is 7.11. The Balaban J connectivity index is 2.73. The van der Waals surface area contributed by atoms with Gasteiger partial charge in [0.05, 0.1) is 6.07 Å². The second kappa shape index (κ2) is 3.88. The molecule has 1 heterocycles. The molecule has 1 aromatic rings. The van der Waals surface area contributed by atoms with Crippen LogP contribution < -0.4 is 5.32 Å². The quantitative estimate of drug-likeness (QED) is 0.767. The molecule has 0 aromatic carbocycles. The minimum absolute atomic E-state index is 0.348. The highest BCUT2D eigenvalue weighted by molar-refractivity contribution is 5.95. The average molecular weight is 189 g/mol. The third-order valence-corrected chi connectivity index (χ3v) is 1.75. The minimum atomic E-state index is -1.03. The van der Waals surface area contributed by atoms with Crippen molar-refractivity contribution in [2.75, 3.05) is 5.32 Å². The summed E-state index contributed by atoms with van der Waals surface area (Å²) in [6.07, 6.45) is 1.58. The van der Waals surface area contributed by atoms with E-state index in [0.29, 0.717) is 5.82 Å². The van der Waals surface area contributed by atoms with Gasteiger partial charge in [-0.2, -0.15) is 5.26 Å². The van der Waals surface area contributed by atoms with Crippen molar-refractivity contribution in [3.8, 4) is 6.07 Å². The first kappa shape index (κ1) is 10.2. The molecule has 1 N–H and O–H groups in total. The number of rotatable bonds is 2. The van der Waals surface area contributed by atoms with Gasteiger partial charge in [0, 0.05) is 6.20 Å². The number of pyridine rings is 1. The molecule has 4 nitrogen and oxygen atoms in total. The van der Waals surface area contributed by atoms with Crippen LogP contribution in [0.1, 0.15) is 13.8 Å². The van der Waals surface area contributed by atoms with Gasteiger partial charge in [-0.3, -0.25) is 4.79 Å². The summed E-state index contributed by atoms with van der Waals surface area (Å²) in [6.45, 7) is 3.12. The number of nitriles is 1. The molecule has 4 heteroatoms. The van der Waals surface area contributed by atoms with E-state index < -0.39 is 5.41 Å². The van der Waals surface area contributed by atoms with Crippen LogP contribution >= 0.6 is 0 Å². The SMILES string of the molecule is CC(C)(C#N)C(=O)Nc1ccccn1. The molecule has 14 heavy (non-hydrogen) atoms. The van der Waals surface area contributed by atoms with Gasteiger partial charge >= 0.3 is 0 Å². The smallest absolute Gasteiger partial charge is 0.245 e. The molecule has 0 radical (unpaired) electrons. The van der Waals surface area contributed by atoms with E-state index >= 15 is 0 Å². The van der Waals surface area contributed by atoms with E-state index in [2.05, 4.69) is 10.3 Å². The van der Waals surface area contributed by atoms with E-state index in [1.165, 1.54) is 0 Å². The zero-order chi connectivity index (χ0) is 10.6. The molecule has 0 spiro atoms. The molecule has 1 rings (SSSR count). The van der Waals surface area contributed by atoms with Crippen molar-refractivity contribution in [1.82, 2.24) is 4.98 Å². The second-order valence-electron chi connectivity index (χ2n) is 3.41. The van der Waals surface area contributed by atoms with E-state index in [1.54, 1.807) is 38.2 Å². The van der Waals surface area contributed by atoms with Crippen LogP contribution in [0, 0.1) is 16.7 Å². The predicted octanol–water partition coefficient (Wildman–Crippen LogP) is 1.57. The van der Waals surface area contributed by atoms with Crippen molar-refractivity contribution in [2.45, 2.75) is 13.8 Å². The van der Waals surface area contributed by atoms with Crippen molar-refractivity contribution in [1.29, 1.82) is 5.26 Å². The van der Waals surface area contributed by atoms with Crippen LogP contribution in [-0.4, -0.2) is 10.9 Å². The number of carbonyl (C=O) groups is 1. The first-order chi connectivity index (χ1) is 6.56. The molecule has 0 fully saturated rings. The summed E-state index contributed by atoms with van der Waals surface area (Å²) in [5, 5.41) is 11.3. The molecule has 0 saturated heterocycles. The van der Waals surface area contributed by atoms with Crippen LogP contribution in [-0.2, 0) is 4.79 Å². The fraction of sp³-hybridized carbons (Fsp3) is 0.300. The van der Waals surface area contributed by atoms with Gasteiger partial charge in [0.2, 0.25) is 5.91 Å². The Morgan fingerprint density at radius 1 is 1.57 bits per heavy atom. The van der Waals surface area contributed by atoms with Crippen LogP contribution in [0.3, 0.4) is 0 Å². The summed E-state index contributed by atoms with van der Waals surface area (Å²) in [5.74, 6) is 0.111. The van der Waals surface area contributed by atoms with Crippen molar-refractivity contribution < 1.29 is 4.79 Å². The van der Waals surface area contributed by atoms with Gasteiger partial charge in [-0.1, -0.05) is 6.07 Å². The molecule has 0 unspecified atom stereocenters. The number of nitrogens with zero attached hydrogens (tertiary/aromatic N) is 2. The molecular weight excluding hydrogens is 178 g/mol. The fourth-order valence-electron chi connectivity index (χ4n) is 0.760. The molecule has 0 aliphatic rings. The Kier molecular flexibility index (Phi) is 2.82. The van der Waals surface area contributed by atoms with Crippen molar-refractivity contribution >= 4 is 11.7 Å². The van der Waals surface area contributed by atoms with E-state index in [1.807, 2.05) is 6.07 Å². The molecule has 0 atom stereocenters. The second-order valence-corrected chi connectivity index (χ2v) is 3.41. The number of hydrogen-bond acceptors (Lipinski definition) is 3. The molecule has 72 valence electrons. The molecule has 0 saturated carbocycles. The normalized spacial score (nSPS) is 10.4. The van der Waals surface area contributed by atoms with Crippen LogP contribution in [0.25, 0.3) is 0 Å². The van der Waals surface area contributed by atoms with Crippen LogP contribution in [0.2, 0.25) is 0 Å². The van der Waals surface area contributed by atoms with E-state index in [0.717, 1.165) is 0 Å². The highest BCUT2D eigenvalue weighted by atomic mass is 16.2. The highest BCUT2D eigenvalue weighted by Crippen LogP contribution is 2.15. The summed E-state index contributed by atoms with van der Waals surface area (Å²) in [5.41, 5.74) is -1.03. The monoisotopic (exact) mass is 189 g/mol. The summed E-state index contributed by atoms with van der Waals surface area (Å²) >= 11 is 0. The van der Waals surface area contributed by atoms with Gasteiger partial charge in [-0.15, -0.1) is 0 Å². The fourth-order valence-corrected chi connectivity index (χ4v) is 0.760. The zero-order valence-electron chi connectivity index (χ0n) is 8.11. The van der Waals surface area contributed by atoms with E-state index in [9.17, 15) is 4.79 Å². The number of anilines is 1. The molecule has 0 aliphatic carbocycles. The number of amides is 1. The Morgan fingerprint density at radius 3 is 2.79 bits per heavy atom. The predicted molar refractivity (Wildman–Crippen MR) is 52.3 cm³/mol. The van der Waals surface area contributed by atoms with Gasteiger partial charge in [0.15, 0.2) is 0 Å². The Labute approximate surface area is 82.6 Å². The third kappa shape index (κ3) is 2.30. The summed E-state index contributed by atoms with van der Waals surface area (Å²) in [7, 11) is 0. The summed E-state index contributed by atoms with van der Waals surface area (Å²) in [4.78, 5) is 15.4. The third-order valence-electron chi connectivity index (χ3n) is 1.75. The number of nitrogens with one attached hydrogen (secondary N) is 1. The molecule has 1 aromatic heterocycles. The Bertz CT molecular complexity index is 365. The van der Waals surface area contributed by atoms with Crippen LogP contribution in [0.4, 0.5) is 5.82 Å². The largest absolute Gasteiger partial charge is 0.309 e. The number of hydrogen-bond donors (Lipinski definition) is 1.